The number of nitrogens with one attached hydrogen (secondary N) is 2. The number of benzene rings is 1. The number of amides is 1. The Morgan fingerprint density at radius 2 is 2.24 bits per heavy atom. The molecular formula is C14H18F2N2O3. The first-order valence-electron chi connectivity index (χ1n) is 6.74. The highest BCUT2D eigenvalue weighted by Crippen LogP contribution is 2.31. The molecule has 0 saturated carbocycles. The van der Waals surface area contributed by atoms with Gasteiger partial charge in [-0.1, -0.05) is 0 Å². The Morgan fingerprint density at radius 3 is 2.86 bits per heavy atom. The van der Waals surface area contributed by atoms with Crippen LogP contribution < -0.4 is 20.1 Å². The maximum Gasteiger partial charge on any atom is 0.387 e. The van der Waals surface area contributed by atoms with E-state index in [9.17, 15) is 13.6 Å². The molecule has 1 aromatic rings. The lowest BCUT2D eigenvalue weighted by Crippen LogP contribution is -2.37. The first-order chi connectivity index (χ1) is 10.1. The van der Waals surface area contributed by atoms with E-state index >= 15 is 0 Å². The van der Waals surface area contributed by atoms with Gasteiger partial charge in [-0.2, -0.15) is 8.78 Å². The fourth-order valence-corrected chi connectivity index (χ4v) is 2.26. The molecule has 1 amide bonds. The molecule has 21 heavy (non-hydrogen) atoms. The van der Waals surface area contributed by atoms with Crippen molar-refractivity contribution in [2.24, 2.45) is 5.92 Å². The number of anilines is 1. The molecule has 1 fully saturated rings. The molecule has 0 radical (unpaired) electrons. The van der Waals surface area contributed by atoms with Crippen LogP contribution in [-0.2, 0) is 4.79 Å². The average Bonchev–Trinajstić information content (AvgIpc) is 2.48. The molecule has 5 nitrogen and oxygen atoms in total. The molecule has 7 heteroatoms. The minimum atomic E-state index is -2.95. The highest BCUT2D eigenvalue weighted by atomic mass is 19.3. The van der Waals surface area contributed by atoms with Gasteiger partial charge in [0.05, 0.1) is 13.0 Å². The van der Waals surface area contributed by atoms with Crippen LogP contribution in [-0.4, -0.2) is 32.7 Å². The summed E-state index contributed by atoms with van der Waals surface area (Å²) >= 11 is 0. The second-order valence-corrected chi connectivity index (χ2v) is 4.78. The molecule has 1 aliphatic heterocycles. The monoisotopic (exact) mass is 300 g/mol. The number of halogens is 2. The summed E-state index contributed by atoms with van der Waals surface area (Å²) in [5.74, 6) is -0.157. The quantitative estimate of drug-likeness (QED) is 0.875. The maximum atomic E-state index is 12.3. The Kier molecular flexibility index (Phi) is 5.32. The molecule has 1 saturated heterocycles. The first-order valence-corrected chi connectivity index (χ1v) is 6.74. The molecule has 1 aromatic carbocycles. The van der Waals surface area contributed by atoms with Crippen molar-refractivity contribution >= 4 is 11.6 Å². The van der Waals surface area contributed by atoms with Crippen molar-refractivity contribution in [1.82, 2.24) is 5.32 Å². The topological polar surface area (TPSA) is 59.6 Å². The fraction of sp³-hybridized carbons (Fsp3) is 0.500. The van der Waals surface area contributed by atoms with Gasteiger partial charge in [-0.25, -0.2) is 0 Å². The molecule has 0 aliphatic carbocycles. The van der Waals surface area contributed by atoms with Gasteiger partial charge >= 0.3 is 6.61 Å². The van der Waals surface area contributed by atoms with Gasteiger partial charge in [0, 0.05) is 18.3 Å². The van der Waals surface area contributed by atoms with Crippen LogP contribution in [0.3, 0.4) is 0 Å². The third-order valence-corrected chi connectivity index (χ3v) is 3.31. The number of rotatable bonds is 5. The number of methoxy groups -OCH3 is 1. The minimum Gasteiger partial charge on any atom is -0.493 e. The van der Waals surface area contributed by atoms with Crippen LogP contribution in [0, 0.1) is 5.92 Å². The van der Waals surface area contributed by atoms with Gasteiger partial charge in [-0.05, 0) is 31.5 Å². The van der Waals surface area contributed by atoms with E-state index in [4.69, 9.17) is 4.74 Å². The van der Waals surface area contributed by atoms with Crippen LogP contribution in [0.2, 0.25) is 0 Å². The van der Waals surface area contributed by atoms with Crippen molar-refractivity contribution in [3.8, 4) is 11.5 Å². The summed E-state index contributed by atoms with van der Waals surface area (Å²) in [6, 6.07) is 4.40. The minimum absolute atomic E-state index is 0.105. The Balaban J connectivity index is 2.07. The Labute approximate surface area is 121 Å². The largest absolute Gasteiger partial charge is 0.493 e. The Morgan fingerprint density at radius 1 is 1.43 bits per heavy atom. The van der Waals surface area contributed by atoms with Gasteiger partial charge in [-0.3, -0.25) is 4.79 Å². The lowest BCUT2D eigenvalue weighted by molar-refractivity contribution is -0.120. The first kappa shape index (κ1) is 15.5. The van der Waals surface area contributed by atoms with Crippen molar-refractivity contribution < 1.29 is 23.0 Å². The van der Waals surface area contributed by atoms with E-state index < -0.39 is 6.61 Å². The molecular weight excluding hydrogens is 282 g/mol. The number of carbonyl (C=O) groups is 1. The lowest BCUT2D eigenvalue weighted by atomic mass is 9.99. The van der Waals surface area contributed by atoms with Gasteiger partial charge in [0.1, 0.15) is 0 Å². The molecule has 0 bridgehead atoms. The van der Waals surface area contributed by atoms with Crippen LogP contribution in [0.1, 0.15) is 12.8 Å². The predicted octanol–water partition coefficient (Wildman–Crippen LogP) is 2.23. The second kappa shape index (κ2) is 7.21. The molecule has 2 N–H and O–H groups in total. The van der Waals surface area contributed by atoms with E-state index in [1.807, 2.05) is 0 Å². The lowest BCUT2D eigenvalue weighted by Gasteiger charge is -2.22. The van der Waals surface area contributed by atoms with E-state index in [0.29, 0.717) is 12.2 Å². The number of ether oxygens (including phenoxy) is 2. The number of piperidine rings is 1. The molecule has 0 spiro atoms. The summed E-state index contributed by atoms with van der Waals surface area (Å²) in [7, 11) is 1.36. The molecule has 1 atom stereocenters. The van der Waals surface area contributed by atoms with Crippen LogP contribution in [0.25, 0.3) is 0 Å². The van der Waals surface area contributed by atoms with Crippen molar-refractivity contribution in [2.45, 2.75) is 19.5 Å². The molecule has 2 rings (SSSR count). The van der Waals surface area contributed by atoms with E-state index in [1.165, 1.54) is 19.2 Å². The summed E-state index contributed by atoms with van der Waals surface area (Å²) in [4.78, 5) is 12.1. The SMILES string of the molecule is COc1ccc(NC(=O)[C@@H]2CCCNC2)cc1OC(F)F. The molecule has 1 heterocycles. The van der Waals surface area contributed by atoms with E-state index in [2.05, 4.69) is 15.4 Å². The third kappa shape index (κ3) is 4.29. The van der Waals surface area contributed by atoms with Crippen LogP contribution in [0.4, 0.5) is 14.5 Å². The van der Waals surface area contributed by atoms with Gasteiger partial charge in [0.25, 0.3) is 0 Å². The van der Waals surface area contributed by atoms with Crippen LogP contribution >= 0.6 is 0 Å². The van der Waals surface area contributed by atoms with E-state index in [0.717, 1.165) is 19.4 Å². The number of carbonyl (C=O) groups excluding carboxylic acids is 1. The van der Waals surface area contributed by atoms with E-state index in [1.54, 1.807) is 6.07 Å². The standard InChI is InChI=1S/C14H18F2N2O3/c1-20-11-5-4-10(7-12(11)21-14(15)16)18-13(19)9-3-2-6-17-8-9/h4-5,7,9,14,17H,2-3,6,8H2,1H3,(H,18,19)/t9-/m1/s1. The number of alkyl halides is 2. The van der Waals surface area contributed by atoms with Gasteiger partial charge in [-0.15, -0.1) is 0 Å². The third-order valence-electron chi connectivity index (χ3n) is 3.31. The van der Waals surface area contributed by atoms with Gasteiger partial charge in [0.15, 0.2) is 11.5 Å². The van der Waals surface area contributed by atoms with Crippen LogP contribution in [0.5, 0.6) is 11.5 Å². The molecule has 116 valence electrons. The van der Waals surface area contributed by atoms with Crippen molar-refractivity contribution in [3.05, 3.63) is 18.2 Å². The zero-order valence-corrected chi connectivity index (χ0v) is 11.7. The molecule has 1 aliphatic rings. The van der Waals surface area contributed by atoms with Crippen LogP contribution in [0.15, 0.2) is 18.2 Å². The molecule has 0 aromatic heterocycles. The summed E-state index contributed by atoms with van der Waals surface area (Å²) in [6.45, 7) is -1.41. The molecule has 0 unspecified atom stereocenters. The summed E-state index contributed by atoms with van der Waals surface area (Å²) in [5, 5.41) is 5.87. The smallest absolute Gasteiger partial charge is 0.387 e. The summed E-state index contributed by atoms with van der Waals surface area (Å²) in [5.41, 5.74) is 0.405. The maximum absolute atomic E-state index is 12.3. The zero-order chi connectivity index (χ0) is 15.2. The number of hydrogen-bond acceptors (Lipinski definition) is 4. The highest BCUT2D eigenvalue weighted by molar-refractivity contribution is 5.93. The predicted molar refractivity (Wildman–Crippen MR) is 73.8 cm³/mol. The van der Waals surface area contributed by atoms with Crippen molar-refractivity contribution in [3.63, 3.8) is 0 Å². The zero-order valence-electron chi connectivity index (χ0n) is 11.7. The average molecular weight is 300 g/mol. The summed E-state index contributed by atoms with van der Waals surface area (Å²) in [6.07, 6.45) is 1.76. The highest BCUT2D eigenvalue weighted by Gasteiger charge is 2.21. The summed E-state index contributed by atoms with van der Waals surface area (Å²) < 4.78 is 34.0. The second-order valence-electron chi connectivity index (χ2n) is 4.78. The van der Waals surface area contributed by atoms with Crippen molar-refractivity contribution in [2.75, 3.05) is 25.5 Å². The normalized spacial score (nSPS) is 18.4. The number of hydrogen-bond donors (Lipinski definition) is 2. The van der Waals surface area contributed by atoms with Gasteiger partial charge in [0.2, 0.25) is 5.91 Å². The Bertz CT molecular complexity index is 491. The Hall–Kier alpha value is -1.89. The van der Waals surface area contributed by atoms with Gasteiger partial charge < -0.3 is 20.1 Å². The van der Waals surface area contributed by atoms with E-state index in [-0.39, 0.29) is 23.3 Å². The van der Waals surface area contributed by atoms with Crippen molar-refractivity contribution in [1.29, 1.82) is 0 Å². The fourth-order valence-electron chi connectivity index (χ4n) is 2.26.